The standard InChI is InChI=1S/C28H30N4O3/c1-30(29)22-9-6-20(7-10-22)19-27(33)32-16-14-31(15-17-32)13-12-21-8-11-24-25(18-21)23-4-2-3-5-26(23)35-28(24)34/h2-11,18H,12-17,19,29H2,1H3. The van der Waals surface area contributed by atoms with E-state index in [4.69, 9.17) is 10.3 Å². The van der Waals surface area contributed by atoms with Crippen molar-refractivity contribution < 1.29 is 9.21 Å². The summed E-state index contributed by atoms with van der Waals surface area (Å²) in [6.45, 7) is 4.13. The lowest BCUT2D eigenvalue weighted by Gasteiger charge is -2.35. The first kappa shape index (κ1) is 23.1. The van der Waals surface area contributed by atoms with Gasteiger partial charge in [0.1, 0.15) is 5.58 Å². The Hall–Kier alpha value is -3.68. The Labute approximate surface area is 204 Å². The lowest BCUT2D eigenvalue weighted by Crippen LogP contribution is -2.49. The summed E-state index contributed by atoms with van der Waals surface area (Å²) in [5, 5.41) is 4.07. The zero-order valence-corrected chi connectivity index (χ0v) is 19.9. The van der Waals surface area contributed by atoms with Crippen LogP contribution in [0.1, 0.15) is 11.1 Å². The topological polar surface area (TPSA) is 83.0 Å². The molecule has 0 atom stereocenters. The van der Waals surface area contributed by atoms with E-state index in [2.05, 4.69) is 11.0 Å². The van der Waals surface area contributed by atoms with Gasteiger partial charge < -0.3 is 14.3 Å². The lowest BCUT2D eigenvalue weighted by atomic mass is 10.0. The molecule has 3 aromatic carbocycles. The molecule has 0 unspecified atom stereocenters. The zero-order valence-electron chi connectivity index (χ0n) is 19.9. The third-order valence-corrected chi connectivity index (χ3v) is 6.82. The fourth-order valence-electron chi connectivity index (χ4n) is 4.72. The highest BCUT2D eigenvalue weighted by Crippen LogP contribution is 2.24. The van der Waals surface area contributed by atoms with Crippen molar-refractivity contribution in [3.8, 4) is 0 Å². The van der Waals surface area contributed by atoms with Gasteiger partial charge in [-0.25, -0.2) is 10.6 Å². The Kier molecular flexibility index (Phi) is 6.53. The molecule has 1 amide bonds. The smallest absolute Gasteiger partial charge is 0.344 e. The average Bonchev–Trinajstić information content (AvgIpc) is 2.88. The highest BCUT2D eigenvalue weighted by molar-refractivity contribution is 6.04. The van der Waals surface area contributed by atoms with E-state index in [1.807, 2.05) is 65.6 Å². The Balaban J connectivity index is 1.17. The molecular weight excluding hydrogens is 440 g/mol. The number of rotatable bonds is 6. The number of hydrazine groups is 1. The zero-order chi connectivity index (χ0) is 24.4. The van der Waals surface area contributed by atoms with Gasteiger partial charge in [0.2, 0.25) is 5.91 Å². The summed E-state index contributed by atoms with van der Waals surface area (Å²) in [5.41, 5.74) is 3.43. The maximum absolute atomic E-state index is 12.8. The summed E-state index contributed by atoms with van der Waals surface area (Å²) in [4.78, 5) is 29.5. The summed E-state index contributed by atoms with van der Waals surface area (Å²) in [5.74, 6) is 5.91. The molecule has 5 rings (SSSR count). The van der Waals surface area contributed by atoms with E-state index >= 15 is 0 Å². The lowest BCUT2D eigenvalue weighted by molar-refractivity contribution is -0.132. The van der Waals surface area contributed by atoms with Crippen LogP contribution in [0.5, 0.6) is 0 Å². The van der Waals surface area contributed by atoms with Crippen molar-refractivity contribution in [3.05, 3.63) is 88.3 Å². The molecular formula is C28H30N4O3. The van der Waals surface area contributed by atoms with Gasteiger partial charge in [-0.2, -0.15) is 0 Å². The second-order valence-electron chi connectivity index (χ2n) is 9.19. The van der Waals surface area contributed by atoms with E-state index in [0.29, 0.717) is 17.4 Å². The average molecular weight is 471 g/mol. The molecule has 2 N–H and O–H groups in total. The Morgan fingerprint density at radius 3 is 2.37 bits per heavy atom. The number of para-hydroxylation sites is 1. The highest BCUT2D eigenvalue weighted by atomic mass is 16.4. The first-order valence-electron chi connectivity index (χ1n) is 12.0. The van der Waals surface area contributed by atoms with Gasteiger partial charge in [-0.05, 0) is 41.8 Å². The Morgan fingerprint density at radius 2 is 1.63 bits per heavy atom. The molecule has 7 nitrogen and oxygen atoms in total. The number of piperazine rings is 1. The van der Waals surface area contributed by atoms with Crippen molar-refractivity contribution >= 4 is 33.3 Å². The van der Waals surface area contributed by atoms with Crippen molar-refractivity contribution in [2.75, 3.05) is 44.8 Å². The molecule has 1 aliphatic rings. The highest BCUT2D eigenvalue weighted by Gasteiger charge is 2.21. The fourth-order valence-corrected chi connectivity index (χ4v) is 4.72. The number of hydrogen-bond acceptors (Lipinski definition) is 6. The van der Waals surface area contributed by atoms with Gasteiger partial charge in [0.25, 0.3) is 0 Å². The quantitative estimate of drug-likeness (QED) is 0.202. The van der Waals surface area contributed by atoms with Crippen LogP contribution in [-0.4, -0.2) is 55.5 Å². The molecule has 4 aromatic rings. The molecule has 1 aliphatic heterocycles. The number of nitrogens with zero attached hydrogens (tertiary/aromatic N) is 3. The number of nitrogens with two attached hydrogens (primary N) is 1. The Bertz CT molecular complexity index is 1400. The number of hydrogen-bond donors (Lipinski definition) is 1. The Morgan fingerprint density at radius 1 is 0.914 bits per heavy atom. The van der Waals surface area contributed by atoms with E-state index in [1.54, 1.807) is 12.1 Å². The maximum atomic E-state index is 12.8. The van der Waals surface area contributed by atoms with Crippen LogP contribution in [0.3, 0.4) is 0 Å². The molecule has 1 saturated heterocycles. The fraction of sp³-hybridized carbons (Fsp3) is 0.286. The van der Waals surface area contributed by atoms with Gasteiger partial charge in [0.15, 0.2) is 0 Å². The van der Waals surface area contributed by atoms with Crippen molar-refractivity contribution in [1.82, 2.24) is 9.80 Å². The van der Waals surface area contributed by atoms with Gasteiger partial charge in [-0.1, -0.05) is 42.5 Å². The van der Waals surface area contributed by atoms with Gasteiger partial charge in [0.05, 0.1) is 17.5 Å². The van der Waals surface area contributed by atoms with E-state index in [-0.39, 0.29) is 11.5 Å². The third-order valence-electron chi connectivity index (χ3n) is 6.82. The molecule has 180 valence electrons. The monoisotopic (exact) mass is 470 g/mol. The molecule has 35 heavy (non-hydrogen) atoms. The second kappa shape index (κ2) is 9.90. The summed E-state index contributed by atoms with van der Waals surface area (Å²) >= 11 is 0. The van der Waals surface area contributed by atoms with Crippen LogP contribution in [0.25, 0.3) is 21.7 Å². The number of benzene rings is 3. The predicted molar refractivity (Wildman–Crippen MR) is 139 cm³/mol. The van der Waals surface area contributed by atoms with Crippen LogP contribution in [0.2, 0.25) is 0 Å². The molecule has 0 radical (unpaired) electrons. The maximum Gasteiger partial charge on any atom is 0.344 e. The predicted octanol–water partition coefficient (Wildman–Crippen LogP) is 3.19. The van der Waals surface area contributed by atoms with Crippen LogP contribution in [0.15, 0.2) is 75.9 Å². The molecule has 0 bridgehead atoms. The van der Waals surface area contributed by atoms with Crippen LogP contribution >= 0.6 is 0 Å². The molecule has 7 heteroatoms. The van der Waals surface area contributed by atoms with Crippen LogP contribution in [-0.2, 0) is 17.6 Å². The van der Waals surface area contributed by atoms with Gasteiger partial charge >= 0.3 is 5.63 Å². The minimum atomic E-state index is -0.298. The minimum Gasteiger partial charge on any atom is -0.422 e. The molecule has 0 aliphatic carbocycles. The summed E-state index contributed by atoms with van der Waals surface area (Å²) in [6, 6.07) is 21.5. The van der Waals surface area contributed by atoms with Crippen molar-refractivity contribution in [2.24, 2.45) is 5.84 Å². The van der Waals surface area contributed by atoms with Crippen molar-refractivity contribution in [2.45, 2.75) is 12.8 Å². The molecule has 0 spiro atoms. The normalized spacial score (nSPS) is 14.5. The van der Waals surface area contributed by atoms with Crippen LogP contribution in [0, 0.1) is 0 Å². The first-order chi connectivity index (χ1) is 17.0. The van der Waals surface area contributed by atoms with Crippen molar-refractivity contribution in [3.63, 3.8) is 0 Å². The number of carbonyl (C=O) groups is 1. The third kappa shape index (κ3) is 5.06. The van der Waals surface area contributed by atoms with Gasteiger partial charge in [-0.3, -0.25) is 9.69 Å². The molecule has 0 saturated carbocycles. The molecule has 1 fully saturated rings. The largest absolute Gasteiger partial charge is 0.422 e. The molecule has 1 aromatic heterocycles. The number of amides is 1. The van der Waals surface area contributed by atoms with Crippen LogP contribution < -0.4 is 16.5 Å². The van der Waals surface area contributed by atoms with Crippen LogP contribution in [0.4, 0.5) is 5.69 Å². The van der Waals surface area contributed by atoms with E-state index < -0.39 is 0 Å². The summed E-state index contributed by atoms with van der Waals surface area (Å²) in [7, 11) is 1.79. The van der Waals surface area contributed by atoms with E-state index in [1.165, 1.54) is 5.56 Å². The second-order valence-corrected chi connectivity index (χ2v) is 9.19. The summed E-state index contributed by atoms with van der Waals surface area (Å²) in [6.07, 6.45) is 1.30. The first-order valence-corrected chi connectivity index (χ1v) is 12.0. The van der Waals surface area contributed by atoms with Crippen molar-refractivity contribution in [1.29, 1.82) is 0 Å². The summed E-state index contributed by atoms with van der Waals surface area (Å²) < 4.78 is 5.45. The van der Waals surface area contributed by atoms with Gasteiger partial charge in [0, 0.05) is 50.5 Å². The van der Waals surface area contributed by atoms with E-state index in [9.17, 15) is 9.59 Å². The minimum absolute atomic E-state index is 0.166. The van der Waals surface area contributed by atoms with E-state index in [0.717, 1.165) is 61.2 Å². The molecule has 2 heterocycles. The number of carbonyl (C=O) groups excluding carboxylic acids is 1. The number of anilines is 1. The SMILES string of the molecule is CN(N)c1ccc(CC(=O)N2CCN(CCc3ccc4c(=O)oc5ccccc5c4c3)CC2)cc1. The number of fused-ring (bicyclic) bond motifs is 3. The van der Waals surface area contributed by atoms with Gasteiger partial charge in [-0.15, -0.1) is 0 Å².